The van der Waals surface area contributed by atoms with Gasteiger partial charge in [-0.15, -0.1) is 0 Å². The molecule has 1 amide bonds. The highest BCUT2D eigenvalue weighted by atomic mass is 16.6. The zero-order valence-corrected chi connectivity index (χ0v) is 13.6. The molecule has 1 N–H and O–H groups in total. The molecule has 0 radical (unpaired) electrons. The van der Waals surface area contributed by atoms with Gasteiger partial charge in [-0.2, -0.15) is 0 Å². The molecule has 3 heterocycles. The van der Waals surface area contributed by atoms with Crippen LogP contribution in [0.5, 0.6) is 0 Å². The molecule has 0 aliphatic carbocycles. The lowest BCUT2D eigenvalue weighted by Crippen LogP contribution is -2.44. The summed E-state index contributed by atoms with van der Waals surface area (Å²) in [5.74, 6) is 0. The van der Waals surface area contributed by atoms with Crippen molar-refractivity contribution in [2.75, 3.05) is 19.6 Å². The molecule has 1 aromatic heterocycles. The molecule has 6 nitrogen and oxygen atoms in total. The molecule has 2 fully saturated rings. The lowest BCUT2D eigenvalue weighted by atomic mass is 9.92. The van der Waals surface area contributed by atoms with Crippen LogP contribution in [0, 0.1) is 0 Å². The lowest BCUT2D eigenvalue weighted by Gasteiger charge is -2.31. The Balaban J connectivity index is 1.46. The molecular weight excluding hydrogens is 304 g/mol. The Labute approximate surface area is 141 Å². The number of carbonyl (C=O) groups is 1. The predicted octanol–water partition coefficient (Wildman–Crippen LogP) is 2.01. The number of carbonyl (C=O) groups excluding carboxylic acids is 1. The topological polar surface area (TPSA) is 59.4 Å². The number of imidazole rings is 1. The Bertz CT molecular complexity index is 707. The molecule has 2 aliphatic heterocycles. The van der Waals surface area contributed by atoms with Crippen molar-refractivity contribution in [1.29, 1.82) is 0 Å². The second-order valence-electron chi connectivity index (χ2n) is 6.66. The smallest absolute Gasteiger partial charge is 0.410 e. The summed E-state index contributed by atoms with van der Waals surface area (Å²) in [6, 6.07) is 10.3. The largest absolute Gasteiger partial charge is 0.441 e. The second kappa shape index (κ2) is 6.28. The van der Waals surface area contributed by atoms with Gasteiger partial charge in [0, 0.05) is 25.6 Å². The SMILES string of the molecule is O=C1OC2(CCNCC2)CN1Cc1cncn1Cc1ccccc1. The molecule has 6 heteroatoms. The van der Waals surface area contributed by atoms with Gasteiger partial charge in [-0.05, 0) is 18.7 Å². The molecule has 0 bridgehead atoms. The van der Waals surface area contributed by atoms with Gasteiger partial charge < -0.3 is 14.6 Å². The van der Waals surface area contributed by atoms with Crippen LogP contribution in [0.15, 0.2) is 42.9 Å². The number of hydrogen-bond acceptors (Lipinski definition) is 4. The van der Waals surface area contributed by atoms with E-state index < -0.39 is 0 Å². The second-order valence-corrected chi connectivity index (χ2v) is 6.66. The number of piperidine rings is 1. The van der Waals surface area contributed by atoms with Crippen molar-refractivity contribution in [3.8, 4) is 0 Å². The van der Waals surface area contributed by atoms with Crippen molar-refractivity contribution in [2.45, 2.75) is 31.5 Å². The molecule has 0 saturated carbocycles. The highest BCUT2D eigenvalue weighted by molar-refractivity contribution is 5.70. The normalized spacial score (nSPS) is 19.7. The van der Waals surface area contributed by atoms with Crippen LogP contribution in [-0.2, 0) is 17.8 Å². The van der Waals surface area contributed by atoms with Gasteiger partial charge in [0.25, 0.3) is 0 Å². The number of rotatable bonds is 4. The number of nitrogens with zero attached hydrogens (tertiary/aromatic N) is 3. The minimum Gasteiger partial charge on any atom is -0.441 e. The van der Waals surface area contributed by atoms with Crippen LogP contribution in [0.25, 0.3) is 0 Å². The first-order valence-electron chi connectivity index (χ1n) is 8.46. The maximum Gasteiger partial charge on any atom is 0.410 e. The lowest BCUT2D eigenvalue weighted by molar-refractivity contribution is 0.0316. The van der Waals surface area contributed by atoms with Crippen molar-refractivity contribution in [3.05, 3.63) is 54.1 Å². The Kier molecular flexibility index (Phi) is 3.98. The minimum absolute atomic E-state index is 0.204. The minimum atomic E-state index is -0.299. The Morgan fingerprint density at radius 1 is 1.17 bits per heavy atom. The Morgan fingerprint density at radius 3 is 2.75 bits per heavy atom. The summed E-state index contributed by atoms with van der Waals surface area (Å²) in [5.41, 5.74) is 1.95. The van der Waals surface area contributed by atoms with E-state index in [4.69, 9.17) is 4.74 Å². The monoisotopic (exact) mass is 326 g/mol. The first-order chi connectivity index (χ1) is 11.7. The zero-order chi connectivity index (χ0) is 16.4. The van der Waals surface area contributed by atoms with Gasteiger partial charge in [0.1, 0.15) is 5.60 Å². The maximum absolute atomic E-state index is 12.3. The summed E-state index contributed by atoms with van der Waals surface area (Å²) in [4.78, 5) is 18.4. The predicted molar refractivity (Wildman–Crippen MR) is 89.5 cm³/mol. The summed E-state index contributed by atoms with van der Waals surface area (Å²) >= 11 is 0. The molecule has 0 unspecified atom stereocenters. The molecule has 1 spiro atoms. The molecule has 2 saturated heterocycles. The quantitative estimate of drug-likeness (QED) is 0.934. The highest BCUT2D eigenvalue weighted by Gasteiger charge is 2.45. The number of amides is 1. The third-order valence-corrected chi connectivity index (χ3v) is 4.90. The molecule has 1 aromatic carbocycles. The fourth-order valence-electron chi connectivity index (χ4n) is 3.56. The van der Waals surface area contributed by atoms with E-state index >= 15 is 0 Å². The third-order valence-electron chi connectivity index (χ3n) is 4.90. The summed E-state index contributed by atoms with van der Waals surface area (Å²) in [5, 5.41) is 3.32. The van der Waals surface area contributed by atoms with Crippen molar-refractivity contribution in [1.82, 2.24) is 19.8 Å². The maximum atomic E-state index is 12.3. The van der Waals surface area contributed by atoms with Crippen LogP contribution in [0.3, 0.4) is 0 Å². The first kappa shape index (κ1) is 15.2. The van der Waals surface area contributed by atoms with Crippen LogP contribution in [0.4, 0.5) is 4.79 Å². The van der Waals surface area contributed by atoms with E-state index in [0.29, 0.717) is 13.1 Å². The number of ether oxygens (including phenoxy) is 1. The number of nitrogens with one attached hydrogen (secondary N) is 1. The van der Waals surface area contributed by atoms with Gasteiger partial charge >= 0.3 is 6.09 Å². The average molecular weight is 326 g/mol. The third kappa shape index (κ3) is 3.01. The molecule has 126 valence electrons. The van der Waals surface area contributed by atoms with Crippen LogP contribution in [0.2, 0.25) is 0 Å². The number of aromatic nitrogens is 2. The summed E-state index contributed by atoms with van der Waals surface area (Å²) in [6.07, 6.45) is 5.23. The fourth-order valence-corrected chi connectivity index (χ4v) is 3.56. The van der Waals surface area contributed by atoms with Gasteiger partial charge in [-0.25, -0.2) is 9.78 Å². The standard InChI is InChI=1S/C18H22N4O2/c23-17-21(13-18(24-17)6-8-19-9-7-18)12-16-10-20-14-22(16)11-15-4-2-1-3-5-15/h1-5,10,14,19H,6-9,11-13H2. The van der Waals surface area contributed by atoms with Crippen molar-refractivity contribution in [2.24, 2.45) is 0 Å². The van der Waals surface area contributed by atoms with Crippen molar-refractivity contribution >= 4 is 6.09 Å². The van der Waals surface area contributed by atoms with Crippen molar-refractivity contribution in [3.63, 3.8) is 0 Å². The van der Waals surface area contributed by atoms with Gasteiger partial charge in [0.2, 0.25) is 0 Å². The molecule has 2 aromatic rings. The van der Waals surface area contributed by atoms with E-state index in [1.54, 1.807) is 0 Å². The molecule has 0 atom stereocenters. The summed E-state index contributed by atoms with van der Waals surface area (Å²) in [6.45, 7) is 3.79. The van der Waals surface area contributed by atoms with E-state index in [-0.39, 0.29) is 11.7 Å². The van der Waals surface area contributed by atoms with Crippen LogP contribution in [0.1, 0.15) is 24.1 Å². The van der Waals surface area contributed by atoms with E-state index in [1.807, 2.05) is 35.6 Å². The molecule has 2 aliphatic rings. The van der Waals surface area contributed by atoms with Gasteiger partial charge in [0.05, 0.1) is 25.1 Å². The zero-order valence-electron chi connectivity index (χ0n) is 13.6. The van der Waals surface area contributed by atoms with Gasteiger partial charge in [-0.3, -0.25) is 4.90 Å². The Hall–Kier alpha value is -2.34. The average Bonchev–Trinajstić information content (AvgIpc) is 3.14. The van der Waals surface area contributed by atoms with Crippen LogP contribution < -0.4 is 5.32 Å². The van der Waals surface area contributed by atoms with E-state index in [1.165, 1.54) is 5.56 Å². The van der Waals surface area contributed by atoms with Gasteiger partial charge in [-0.1, -0.05) is 30.3 Å². The number of hydrogen-bond donors (Lipinski definition) is 1. The van der Waals surface area contributed by atoms with E-state index in [2.05, 4.69) is 27.0 Å². The fraction of sp³-hybridized carbons (Fsp3) is 0.444. The van der Waals surface area contributed by atoms with Crippen LogP contribution >= 0.6 is 0 Å². The summed E-state index contributed by atoms with van der Waals surface area (Å²) < 4.78 is 7.82. The molecular formula is C18H22N4O2. The molecule has 4 rings (SSSR count). The first-order valence-corrected chi connectivity index (χ1v) is 8.46. The van der Waals surface area contributed by atoms with Crippen molar-refractivity contribution < 1.29 is 9.53 Å². The van der Waals surface area contributed by atoms with E-state index in [0.717, 1.165) is 38.2 Å². The van der Waals surface area contributed by atoms with Gasteiger partial charge in [0.15, 0.2) is 0 Å². The molecule has 24 heavy (non-hydrogen) atoms. The Morgan fingerprint density at radius 2 is 1.96 bits per heavy atom. The highest BCUT2D eigenvalue weighted by Crippen LogP contribution is 2.31. The summed E-state index contributed by atoms with van der Waals surface area (Å²) in [7, 11) is 0. The number of benzene rings is 1. The van der Waals surface area contributed by atoms with Crippen LogP contribution in [-0.4, -0.2) is 45.8 Å². The van der Waals surface area contributed by atoms with E-state index in [9.17, 15) is 4.79 Å².